The van der Waals surface area contributed by atoms with Crippen LogP contribution >= 0.6 is 11.8 Å². The van der Waals surface area contributed by atoms with Gasteiger partial charge in [-0.1, -0.05) is 24.8 Å². The molecule has 0 saturated carbocycles. The third-order valence-corrected chi connectivity index (χ3v) is 6.57. The molecule has 1 aromatic carbocycles. The molecule has 2 fully saturated rings. The van der Waals surface area contributed by atoms with Crippen LogP contribution in [0.3, 0.4) is 0 Å². The molecule has 138 valence electrons. The fourth-order valence-electron chi connectivity index (χ4n) is 3.96. The molecule has 5 nitrogen and oxygen atoms in total. The van der Waals surface area contributed by atoms with Gasteiger partial charge in [0, 0.05) is 41.8 Å². The quantitative estimate of drug-likeness (QED) is 0.797. The van der Waals surface area contributed by atoms with Crippen molar-refractivity contribution in [2.24, 2.45) is 0 Å². The second-order valence-electron chi connectivity index (χ2n) is 7.08. The second-order valence-corrected chi connectivity index (χ2v) is 8.23. The number of carbonyl (C=O) groups excluding carboxylic acids is 2. The highest BCUT2D eigenvalue weighted by Crippen LogP contribution is 2.31. The predicted molar refractivity (Wildman–Crippen MR) is 103 cm³/mol. The Bertz CT molecular complexity index is 689. The summed E-state index contributed by atoms with van der Waals surface area (Å²) in [6, 6.07) is 7.66. The van der Waals surface area contributed by atoms with Gasteiger partial charge in [0.2, 0.25) is 5.91 Å². The van der Waals surface area contributed by atoms with Crippen LogP contribution in [-0.4, -0.2) is 65.0 Å². The number of benzene rings is 1. The summed E-state index contributed by atoms with van der Waals surface area (Å²) in [5.74, 6) is 1.92. The van der Waals surface area contributed by atoms with Crippen molar-refractivity contribution in [1.82, 2.24) is 9.80 Å². The van der Waals surface area contributed by atoms with Crippen LogP contribution < -0.4 is 0 Å². The number of hydrogen-bond donors (Lipinski definition) is 0. The fraction of sp³-hybridized carbons (Fsp3) is 0.500. The molecule has 3 aliphatic heterocycles. The molecule has 2 saturated heterocycles. The Morgan fingerprint density at radius 2 is 2.12 bits per heavy atom. The maximum Gasteiger partial charge on any atom is 0.259 e. The van der Waals surface area contributed by atoms with Crippen LogP contribution in [0, 0.1) is 0 Å². The van der Waals surface area contributed by atoms with E-state index in [1.807, 2.05) is 34.9 Å². The van der Waals surface area contributed by atoms with E-state index >= 15 is 0 Å². The molecule has 2 amide bonds. The molecule has 3 heterocycles. The zero-order valence-corrected chi connectivity index (χ0v) is 15.7. The van der Waals surface area contributed by atoms with Gasteiger partial charge in [-0.3, -0.25) is 14.5 Å². The van der Waals surface area contributed by atoms with Gasteiger partial charge in [-0.15, -0.1) is 0 Å². The van der Waals surface area contributed by atoms with Gasteiger partial charge >= 0.3 is 0 Å². The molecule has 26 heavy (non-hydrogen) atoms. The van der Waals surface area contributed by atoms with E-state index in [-0.39, 0.29) is 30.5 Å². The maximum absolute atomic E-state index is 13.1. The van der Waals surface area contributed by atoms with Crippen molar-refractivity contribution in [1.29, 1.82) is 0 Å². The molecule has 0 radical (unpaired) electrons. The molecule has 0 spiro atoms. The van der Waals surface area contributed by atoms with E-state index < -0.39 is 0 Å². The highest BCUT2D eigenvalue weighted by Gasteiger charge is 2.36. The van der Waals surface area contributed by atoms with Gasteiger partial charge in [0.25, 0.3) is 5.91 Å². The molecule has 3 aliphatic rings. The SMILES string of the molecule is C=C1c2ccccc2C(=O)N1CC(=O)N(C[C@H]1CCCO1)[C@@H]1CCSC1. The van der Waals surface area contributed by atoms with Gasteiger partial charge in [-0.25, -0.2) is 0 Å². The zero-order chi connectivity index (χ0) is 18.1. The summed E-state index contributed by atoms with van der Waals surface area (Å²) >= 11 is 1.89. The molecule has 2 atom stereocenters. The van der Waals surface area contributed by atoms with E-state index in [2.05, 4.69) is 6.58 Å². The third kappa shape index (κ3) is 3.28. The minimum Gasteiger partial charge on any atom is -0.376 e. The average Bonchev–Trinajstić information content (AvgIpc) is 3.39. The van der Waals surface area contributed by atoms with Crippen LogP contribution in [0.5, 0.6) is 0 Å². The van der Waals surface area contributed by atoms with Crippen molar-refractivity contribution >= 4 is 29.3 Å². The summed E-state index contributed by atoms with van der Waals surface area (Å²) in [6.45, 7) is 5.51. The third-order valence-electron chi connectivity index (χ3n) is 5.42. The highest BCUT2D eigenvalue weighted by molar-refractivity contribution is 7.99. The summed E-state index contributed by atoms with van der Waals surface area (Å²) in [4.78, 5) is 29.3. The minimum absolute atomic E-state index is 0.00435. The molecule has 0 N–H and O–H groups in total. The molecular formula is C20H24N2O3S. The first-order chi connectivity index (χ1) is 12.6. The summed E-state index contributed by atoms with van der Waals surface area (Å²) in [5.41, 5.74) is 2.08. The lowest BCUT2D eigenvalue weighted by Crippen LogP contribution is -2.48. The Balaban J connectivity index is 1.49. The van der Waals surface area contributed by atoms with Gasteiger partial charge in [0.1, 0.15) is 6.54 Å². The van der Waals surface area contributed by atoms with Gasteiger partial charge in [0.15, 0.2) is 0 Å². The first kappa shape index (κ1) is 17.6. The number of nitrogens with zero attached hydrogens (tertiary/aromatic N) is 2. The Kier molecular flexibility index (Phi) is 5.05. The monoisotopic (exact) mass is 372 g/mol. The normalized spacial score (nSPS) is 25.0. The van der Waals surface area contributed by atoms with Gasteiger partial charge < -0.3 is 9.64 Å². The number of fused-ring (bicyclic) bond motifs is 1. The predicted octanol–water partition coefficient (Wildman–Crippen LogP) is 2.63. The van der Waals surface area contributed by atoms with E-state index in [1.165, 1.54) is 4.90 Å². The summed E-state index contributed by atoms with van der Waals surface area (Å²) in [6.07, 6.45) is 3.20. The summed E-state index contributed by atoms with van der Waals surface area (Å²) < 4.78 is 5.76. The Morgan fingerprint density at radius 3 is 2.77 bits per heavy atom. The topological polar surface area (TPSA) is 49.9 Å². The number of ether oxygens (including phenoxy) is 1. The van der Waals surface area contributed by atoms with Crippen LogP contribution in [0.1, 0.15) is 35.2 Å². The molecular weight excluding hydrogens is 348 g/mol. The second kappa shape index (κ2) is 7.45. The maximum atomic E-state index is 13.1. The van der Waals surface area contributed by atoms with E-state index in [1.54, 1.807) is 6.07 Å². The van der Waals surface area contributed by atoms with Crippen LogP contribution in [0.15, 0.2) is 30.8 Å². The first-order valence-electron chi connectivity index (χ1n) is 9.24. The molecule has 0 bridgehead atoms. The van der Waals surface area contributed by atoms with E-state index in [0.29, 0.717) is 17.8 Å². The van der Waals surface area contributed by atoms with E-state index in [0.717, 1.165) is 42.9 Å². The van der Waals surface area contributed by atoms with Crippen molar-refractivity contribution in [3.8, 4) is 0 Å². The Hall–Kier alpha value is -1.79. The lowest BCUT2D eigenvalue weighted by atomic mass is 10.1. The smallest absolute Gasteiger partial charge is 0.259 e. The summed E-state index contributed by atoms with van der Waals surface area (Å²) in [7, 11) is 0. The Morgan fingerprint density at radius 1 is 1.31 bits per heavy atom. The lowest BCUT2D eigenvalue weighted by molar-refractivity contribution is -0.134. The van der Waals surface area contributed by atoms with Crippen LogP contribution in [-0.2, 0) is 9.53 Å². The molecule has 1 aromatic rings. The molecule has 4 rings (SSSR count). The zero-order valence-electron chi connectivity index (χ0n) is 14.9. The number of thioether (sulfide) groups is 1. The molecule has 6 heteroatoms. The van der Waals surface area contributed by atoms with Gasteiger partial charge in [-0.2, -0.15) is 11.8 Å². The minimum atomic E-state index is -0.128. The number of amides is 2. The van der Waals surface area contributed by atoms with Crippen LogP contribution in [0.2, 0.25) is 0 Å². The largest absolute Gasteiger partial charge is 0.376 e. The average molecular weight is 372 g/mol. The molecule has 0 aliphatic carbocycles. The molecule has 0 unspecified atom stereocenters. The van der Waals surface area contributed by atoms with Crippen LogP contribution in [0.4, 0.5) is 0 Å². The van der Waals surface area contributed by atoms with Crippen molar-refractivity contribution in [2.75, 3.05) is 31.2 Å². The van der Waals surface area contributed by atoms with Crippen molar-refractivity contribution in [3.63, 3.8) is 0 Å². The standard InChI is InChI=1S/C20H24N2O3S/c1-14-17-6-2-3-7-18(17)20(24)21(14)12-19(23)22(15-8-10-26-13-15)11-16-5-4-9-25-16/h2-3,6-7,15-16H,1,4-5,8-13H2/t15-,16-/m1/s1. The van der Waals surface area contributed by atoms with Crippen LogP contribution in [0.25, 0.3) is 5.70 Å². The highest BCUT2D eigenvalue weighted by atomic mass is 32.2. The van der Waals surface area contributed by atoms with Gasteiger partial charge in [-0.05, 0) is 31.1 Å². The lowest BCUT2D eigenvalue weighted by Gasteiger charge is -2.32. The first-order valence-corrected chi connectivity index (χ1v) is 10.4. The number of rotatable bonds is 5. The molecule has 0 aromatic heterocycles. The fourth-order valence-corrected chi connectivity index (χ4v) is 5.18. The van der Waals surface area contributed by atoms with E-state index in [4.69, 9.17) is 4.74 Å². The Labute approximate surface area is 158 Å². The number of hydrogen-bond acceptors (Lipinski definition) is 4. The number of carbonyl (C=O) groups is 2. The van der Waals surface area contributed by atoms with Crippen molar-refractivity contribution < 1.29 is 14.3 Å². The van der Waals surface area contributed by atoms with Crippen molar-refractivity contribution in [3.05, 3.63) is 42.0 Å². The van der Waals surface area contributed by atoms with Gasteiger partial charge in [0.05, 0.1) is 6.10 Å². The van der Waals surface area contributed by atoms with Crippen molar-refractivity contribution in [2.45, 2.75) is 31.4 Å². The summed E-state index contributed by atoms with van der Waals surface area (Å²) in [5, 5.41) is 0. The van der Waals surface area contributed by atoms with E-state index in [9.17, 15) is 9.59 Å².